The Morgan fingerprint density at radius 3 is 2.58 bits per heavy atom. The molecule has 2 aliphatic heterocycles. The van der Waals surface area contributed by atoms with Gasteiger partial charge in [0.25, 0.3) is 0 Å². The Morgan fingerprint density at radius 1 is 1.12 bits per heavy atom. The molecule has 138 valence electrons. The van der Waals surface area contributed by atoms with Crippen LogP contribution in [-0.2, 0) is 19.4 Å². The molecule has 5 nitrogen and oxygen atoms in total. The highest BCUT2D eigenvalue weighted by molar-refractivity contribution is 5.54. The van der Waals surface area contributed by atoms with Crippen molar-refractivity contribution in [2.45, 2.75) is 32.4 Å². The SMILES string of the molecule is CCc1cc2c(cc1[C@@H]1Cc3ccc(OC)c(OC)c3CN1C)OCO2. The molecule has 1 atom stereocenters. The number of rotatable bonds is 4. The van der Waals surface area contributed by atoms with E-state index in [2.05, 4.69) is 37.1 Å². The second-order valence-corrected chi connectivity index (χ2v) is 6.83. The molecule has 2 aliphatic rings. The zero-order valence-corrected chi connectivity index (χ0v) is 15.8. The van der Waals surface area contributed by atoms with Gasteiger partial charge in [-0.05, 0) is 54.8 Å². The van der Waals surface area contributed by atoms with E-state index in [1.54, 1.807) is 14.2 Å². The van der Waals surface area contributed by atoms with E-state index in [1.807, 2.05) is 6.07 Å². The van der Waals surface area contributed by atoms with Gasteiger partial charge in [0.1, 0.15) is 0 Å². The summed E-state index contributed by atoms with van der Waals surface area (Å²) >= 11 is 0. The number of likely N-dealkylation sites (N-methyl/N-ethyl adjacent to an activating group) is 1. The Hall–Kier alpha value is -2.40. The molecular formula is C21H25NO4. The van der Waals surface area contributed by atoms with Crippen LogP contribution in [0.3, 0.4) is 0 Å². The van der Waals surface area contributed by atoms with E-state index in [0.29, 0.717) is 12.8 Å². The Balaban J connectivity index is 1.75. The summed E-state index contributed by atoms with van der Waals surface area (Å²) in [6, 6.07) is 8.75. The molecule has 0 radical (unpaired) electrons. The van der Waals surface area contributed by atoms with E-state index < -0.39 is 0 Å². The molecule has 2 heterocycles. The first-order valence-corrected chi connectivity index (χ1v) is 9.01. The van der Waals surface area contributed by atoms with E-state index in [0.717, 1.165) is 42.4 Å². The van der Waals surface area contributed by atoms with Crippen LogP contribution in [0.2, 0.25) is 0 Å². The van der Waals surface area contributed by atoms with Gasteiger partial charge in [-0.1, -0.05) is 13.0 Å². The third kappa shape index (κ3) is 2.67. The maximum absolute atomic E-state index is 5.64. The Bertz CT molecular complexity index is 833. The summed E-state index contributed by atoms with van der Waals surface area (Å²) in [6.45, 7) is 3.31. The highest BCUT2D eigenvalue weighted by Gasteiger charge is 2.31. The van der Waals surface area contributed by atoms with Gasteiger partial charge in [0.05, 0.1) is 14.2 Å². The lowest BCUT2D eigenvalue weighted by Crippen LogP contribution is -2.32. The monoisotopic (exact) mass is 355 g/mol. The quantitative estimate of drug-likeness (QED) is 0.836. The lowest BCUT2D eigenvalue weighted by Gasteiger charge is -2.36. The first-order valence-electron chi connectivity index (χ1n) is 9.01. The maximum atomic E-state index is 5.64. The number of hydrogen-bond donors (Lipinski definition) is 0. The molecule has 2 aromatic carbocycles. The van der Waals surface area contributed by atoms with Gasteiger partial charge in [0, 0.05) is 18.2 Å². The fourth-order valence-electron chi connectivity index (χ4n) is 4.08. The van der Waals surface area contributed by atoms with Crippen LogP contribution in [0.1, 0.15) is 35.2 Å². The first kappa shape index (κ1) is 17.0. The van der Waals surface area contributed by atoms with Crippen LogP contribution in [-0.4, -0.2) is 33.0 Å². The molecule has 0 aromatic heterocycles. The van der Waals surface area contributed by atoms with Gasteiger partial charge in [0.2, 0.25) is 6.79 Å². The van der Waals surface area contributed by atoms with Gasteiger partial charge in [-0.25, -0.2) is 0 Å². The Morgan fingerprint density at radius 2 is 1.88 bits per heavy atom. The molecule has 2 aromatic rings. The van der Waals surface area contributed by atoms with E-state index in [1.165, 1.54) is 22.3 Å². The van der Waals surface area contributed by atoms with Gasteiger partial charge in [-0.15, -0.1) is 0 Å². The summed E-state index contributed by atoms with van der Waals surface area (Å²) in [4.78, 5) is 2.38. The van der Waals surface area contributed by atoms with Crippen LogP contribution in [0, 0.1) is 0 Å². The normalized spacial score (nSPS) is 18.5. The molecule has 0 saturated carbocycles. The van der Waals surface area contributed by atoms with Crippen LogP contribution in [0.4, 0.5) is 0 Å². The summed E-state index contributed by atoms with van der Waals surface area (Å²) in [5.74, 6) is 3.34. The van der Waals surface area contributed by atoms with Crippen LogP contribution in [0.15, 0.2) is 24.3 Å². The summed E-state index contributed by atoms with van der Waals surface area (Å²) in [6.07, 6.45) is 1.90. The third-order valence-electron chi connectivity index (χ3n) is 5.47. The molecule has 0 aliphatic carbocycles. The summed E-state index contributed by atoms with van der Waals surface area (Å²) in [5.41, 5.74) is 5.16. The third-order valence-corrected chi connectivity index (χ3v) is 5.47. The smallest absolute Gasteiger partial charge is 0.231 e. The van der Waals surface area contributed by atoms with Crippen LogP contribution in [0.5, 0.6) is 23.0 Å². The molecule has 0 bridgehead atoms. The highest BCUT2D eigenvalue weighted by atomic mass is 16.7. The number of ether oxygens (including phenoxy) is 4. The minimum absolute atomic E-state index is 0.296. The van der Waals surface area contributed by atoms with Crippen LogP contribution < -0.4 is 18.9 Å². The molecule has 0 saturated heterocycles. The Kier molecular flexibility index (Phi) is 4.41. The second-order valence-electron chi connectivity index (χ2n) is 6.83. The minimum Gasteiger partial charge on any atom is -0.493 e. The van der Waals surface area contributed by atoms with E-state index in [4.69, 9.17) is 18.9 Å². The minimum atomic E-state index is 0.296. The number of benzene rings is 2. The standard InChI is InChI=1S/C21H25NO4/c1-5-13-9-19-20(26-12-25-19)10-15(13)17-8-14-6-7-18(23-3)21(24-4)16(14)11-22(17)2/h6-7,9-10,17H,5,8,11-12H2,1-4H3/t17-/m0/s1. The van der Waals surface area contributed by atoms with Gasteiger partial charge >= 0.3 is 0 Å². The van der Waals surface area contributed by atoms with Crippen LogP contribution >= 0.6 is 0 Å². The molecule has 0 fully saturated rings. The summed E-state index contributed by atoms with van der Waals surface area (Å²) in [5, 5.41) is 0. The molecule has 26 heavy (non-hydrogen) atoms. The van der Waals surface area contributed by atoms with Crippen molar-refractivity contribution in [3.05, 3.63) is 46.5 Å². The van der Waals surface area contributed by atoms with Crippen molar-refractivity contribution in [3.8, 4) is 23.0 Å². The van der Waals surface area contributed by atoms with Gasteiger partial charge in [0.15, 0.2) is 23.0 Å². The van der Waals surface area contributed by atoms with E-state index >= 15 is 0 Å². The molecule has 0 amide bonds. The van der Waals surface area contributed by atoms with Crippen molar-refractivity contribution in [1.29, 1.82) is 0 Å². The fraction of sp³-hybridized carbons (Fsp3) is 0.429. The Labute approximate surface area is 154 Å². The zero-order valence-electron chi connectivity index (χ0n) is 15.8. The molecule has 5 heteroatoms. The lowest BCUT2D eigenvalue weighted by atomic mass is 9.87. The number of fused-ring (bicyclic) bond motifs is 2. The second kappa shape index (κ2) is 6.72. The van der Waals surface area contributed by atoms with Gasteiger partial charge in [-0.3, -0.25) is 4.90 Å². The van der Waals surface area contributed by atoms with E-state index in [-0.39, 0.29) is 0 Å². The predicted octanol–water partition coefficient (Wildman–Crippen LogP) is 3.72. The summed E-state index contributed by atoms with van der Waals surface area (Å²) in [7, 11) is 5.55. The first-order chi connectivity index (χ1) is 12.7. The van der Waals surface area contributed by atoms with Crippen molar-refractivity contribution in [2.75, 3.05) is 28.1 Å². The molecule has 0 N–H and O–H groups in total. The van der Waals surface area contributed by atoms with Crippen LogP contribution in [0.25, 0.3) is 0 Å². The van der Waals surface area contributed by atoms with Crippen molar-refractivity contribution in [2.24, 2.45) is 0 Å². The van der Waals surface area contributed by atoms with Crippen molar-refractivity contribution < 1.29 is 18.9 Å². The molecule has 0 spiro atoms. The van der Waals surface area contributed by atoms with Gasteiger partial charge < -0.3 is 18.9 Å². The fourth-order valence-corrected chi connectivity index (χ4v) is 4.08. The van der Waals surface area contributed by atoms with Crippen molar-refractivity contribution >= 4 is 0 Å². The van der Waals surface area contributed by atoms with Crippen molar-refractivity contribution in [3.63, 3.8) is 0 Å². The van der Waals surface area contributed by atoms with E-state index in [9.17, 15) is 0 Å². The average Bonchev–Trinajstić information content (AvgIpc) is 3.12. The molecule has 0 unspecified atom stereocenters. The largest absolute Gasteiger partial charge is 0.493 e. The lowest BCUT2D eigenvalue weighted by molar-refractivity contribution is 0.173. The predicted molar refractivity (Wildman–Crippen MR) is 99.4 cm³/mol. The molecule has 4 rings (SSSR count). The number of aryl methyl sites for hydroxylation is 1. The summed E-state index contributed by atoms with van der Waals surface area (Å²) < 4.78 is 22.3. The highest BCUT2D eigenvalue weighted by Crippen LogP contribution is 2.44. The van der Waals surface area contributed by atoms with Gasteiger partial charge in [-0.2, -0.15) is 0 Å². The average molecular weight is 355 g/mol. The zero-order chi connectivity index (χ0) is 18.3. The maximum Gasteiger partial charge on any atom is 0.231 e. The molecular weight excluding hydrogens is 330 g/mol. The van der Waals surface area contributed by atoms with Crippen molar-refractivity contribution in [1.82, 2.24) is 4.90 Å². The topological polar surface area (TPSA) is 40.2 Å². The number of methoxy groups -OCH3 is 2. The number of hydrogen-bond acceptors (Lipinski definition) is 5. The number of nitrogens with zero attached hydrogens (tertiary/aromatic N) is 1.